The maximum Gasteiger partial charge on any atom is 0.131 e. The lowest BCUT2D eigenvalue weighted by molar-refractivity contribution is 0.624. The van der Waals surface area contributed by atoms with Crippen LogP contribution in [0.2, 0.25) is 0 Å². The van der Waals surface area contributed by atoms with Gasteiger partial charge in [-0.3, -0.25) is 0 Å². The molecule has 0 fully saturated rings. The van der Waals surface area contributed by atoms with Gasteiger partial charge in [-0.15, -0.1) is 6.42 Å². The molecule has 0 unspecified atom stereocenters. The molecule has 0 atom stereocenters. The van der Waals surface area contributed by atoms with Gasteiger partial charge in [-0.25, -0.2) is 4.39 Å². The Morgan fingerprint density at radius 1 is 1.33 bits per heavy atom. The van der Waals surface area contributed by atoms with Crippen LogP contribution in [0.5, 0.6) is 0 Å². The number of allylic oxidation sites excluding steroid dienone is 1. The van der Waals surface area contributed by atoms with Crippen LogP contribution >= 0.6 is 0 Å². The van der Waals surface area contributed by atoms with Gasteiger partial charge in [0, 0.05) is 11.1 Å². The van der Waals surface area contributed by atoms with Crippen molar-refractivity contribution in [2.75, 3.05) is 0 Å². The Labute approximate surface area is 86.9 Å². The molecule has 1 aromatic carbocycles. The van der Waals surface area contributed by atoms with Gasteiger partial charge in [-0.05, 0) is 18.2 Å². The van der Waals surface area contributed by atoms with Crippen LogP contribution in [0.25, 0.3) is 6.08 Å². The summed E-state index contributed by atoms with van der Waals surface area (Å²) in [5.41, 5.74) is 0.229. The van der Waals surface area contributed by atoms with Crippen LogP contribution in [0.3, 0.4) is 0 Å². The molecule has 3 heteroatoms. The Bertz CT molecular complexity index is 520. The summed E-state index contributed by atoms with van der Waals surface area (Å²) >= 11 is 0. The Morgan fingerprint density at radius 3 is 2.53 bits per heavy atom. The quantitative estimate of drug-likeness (QED) is 0.510. The van der Waals surface area contributed by atoms with E-state index in [2.05, 4.69) is 5.92 Å². The molecule has 0 aliphatic heterocycles. The summed E-state index contributed by atoms with van der Waals surface area (Å²) in [5, 5.41) is 17.1. The number of terminal acetylenes is 1. The van der Waals surface area contributed by atoms with E-state index < -0.39 is 5.82 Å². The van der Waals surface area contributed by atoms with Crippen LogP contribution < -0.4 is 0 Å². The van der Waals surface area contributed by atoms with Crippen LogP contribution in [0.4, 0.5) is 4.39 Å². The van der Waals surface area contributed by atoms with E-state index in [4.69, 9.17) is 16.9 Å². The predicted octanol–water partition coefficient (Wildman–Crippen LogP) is 2.24. The molecular weight excluding hydrogens is 191 g/mol. The average Bonchev–Trinajstić information content (AvgIpc) is 2.27. The van der Waals surface area contributed by atoms with Crippen molar-refractivity contribution < 1.29 is 4.39 Å². The summed E-state index contributed by atoms with van der Waals surface area (Å²) < 4.78 is 13.3. The van der Waals surface area contributed by atoms with E-state index in [-0.39, 0.29) is 11.1 Å². The third-order valence-electron chi connectivity index (χ3n) is 1.74. The number of hydrogen-bond acceptors (Lipinski definition) is 2. The molecule has 0 aliphatic carbocycles. The molecule has 0 spiro atoms. The molecule has 0 amide bonds. The molecule has 1 aromatic rings. The van der Waals surface area contributed by atoms with Gasteiger partial charge in [0.15, 0.2) is 0 Å². The van der Waals surface area contributed by atoms with E-state index >= 15 is 0 Å². The Morgan fingerprint density at radius 2 is 2.00 bits per heavy atom. The number of halogens is 1. The summed E-state index contributed by atoms with van der Waals surface area (Å²) in [5.74, 6) is 1.74. The molecule has 2 nitrogen and oxygen atoms in total. The van der Waals surface area contributed by atoms with Crippen molar-refractivity contribution in [3.63, 3.8) is 0 Å². The first kappa shape index (κ1) is 10.5. The Kier molecular flexibility index (Phi) is 3.23. The number of nitriles is 2. The van der Waals surface area contributed by atoms with Crippen molar-refractivity contribution in [1.29, 1.82) is 10.5 Å². The predicted molar refractivity (Wildman–Crippen MR) is 53.5 cm³/mol. The lowest BCUT2D eigenvalue weighted by Gasteiger charge is -1.99. The maximum absolute atomic E-state index is 13.3. The second-order valence-electron chi connectivity index (χ2n) is 2.63. The zero-order valence-corrected chi connectivity index (χ0v) is 7.66. The summed E-state index contributed by atoms with van der Waals surface area (Å²) in [4.78, 5) is 0. The fourth-order valence-electron chi connectivity index (χ4n) is 1.04. The van der Waals surface area contributed by atoms with Gasteiger partial charge >= 0.3 is 0 Å². The average molecular weight is 196 g/mol. The fraction of sp³-hybridized carbons (Fsp3) is 0. The minimum atomic E-state index is -0.548. The van der Waals surface area contributed by atoms with E-state index in [0.29, 0.717) is 5.56 Å². The fourth-order valence-corrected chi connectivity index (χ4v) is 1.04. The van der Waals surface area contributed by atoms with Gasteiger partial charge in [0.05, 0.1) is 0 Å². The summed E-state index contributed by atoms with van der Waals surface area (Å²) in [6, 6.07) is 7.52. The van der Waals surface area contributed by atoms with Crippen LogP contribution in [0.15, 0.2) is 23.8 Å². The molecule has 0 radical (unpaired) electrons. The molecule has 70 valence electrons. The van der Waals surface area contributed by atoms with Gasteiger partial charge in [-0.1, -0.05) is 12.0 Å². The van der Waals surface area contributed by atoms with Crippen molar-refractivity contribution in [3.05, 3.63) is 40.7 Å². The summed E-state index contributed by atoms with van der Waals surface area (Å²) in [6.07, 6.45) is 6.31. The van der Waals surface area contributed by atoms with E-state index in [0.717, 1.165) is 6.08 Å². The summed E-state index contributed by atoms with van der Waals surface area (Å²) in [6.45, 7) is 0. The monoisotopic (exact) mass is 196 g/mol. The van der Waals surface area contributed by atoms with E-state index in [9.17, 15) is 4.39 Å². The first-order valence-electron chi connectivity index (χ1n) is 4.00. The second-order valence-corrected chi connectivity index (χ2v) is 2.63. The summed E-state index contributed by atoms with van der Waals surface area (Å²) in [7, 11) is 0. The van der Waals surface area contributed by atoms with Crippen LogP contribution in [-0.2, 0) is 0 Å². The number of nitrogens with zero attached hydrogens (tertiary/aromatic N) is 2. The molecule has 0 aliphatic rings. The third kappa shape index (κ3) is 2.21. The molecular formula is C12H5FN2. The number of benzene rings is 1. The van der Waals surface area contributed by atoms with Crippen molar-refractivity contribution in [2.45, 2.75) is 0 Å². The molecule has 0 N–H and O–H groups in total. The lowest BCUT2D eigenvalue weighted by atomic mass is 10.1. The van der Waals surface area contributed by atoms with Crippen molar-refractivity contribution in [1.82, 2.24) is 0 Å². The number of hydrogen-bond donors (Lipinski definition) is 0. The number of rotatable bonds is 1. The first-order valence-corrected chi connectivity index (χ1v) is 4.00. The Balaban J connectivity index is 3.41. The van der Waals surface area contributed by atoms with Crippen LogP contribution in [0, 0.1) is 40.8 Å². The highest BCUT2D eigenvalue weighted by molar-refractivity contribution is 5.67. The molecule has 0 heterocycles. The third-order valence-corrected chi connectivity index (χ3v) is 1.74. The SMILES string of the molecule is C#Cc1cccc(F)c1C=C(C#N)C#N. The highest BCUT2D eigenvalue weighted by Gasteiger charge is 2.05. The normalized spacial score (nSPS) is 8.13. The van der Waals surface area contributed by atoms with Gasteiger partial charge in [0.1, 0.15) is 23.5 Å². The standard InChI is InChI=1S/C12H5FN2/c1-2-10-4-3-5-12(13)11(10)6-9(7-14)8-15/h1,3-6H. The van der Waals surface area contributed by atoms with Gasteiger partial charge in [0.2, 0.25) is 0 Å². The van der Waals surface area contributed by atoms with Crippen LogP contribution in [0.1, 0.15) is 11.1 Å². The van der Waals surface area contributed by atoms with Gasteiger partial charge in [0.25, 0.3) is 0 Å². The smallest absolute Gasteiger partial charge is 0.131 e. The Hall–Kier alpha value is -2.57. The van der Waals surface area contributed by atoms with Crippen molar-refractivity contribution >= 4 is 6.08 Å². The molecule has 0 aromatic heterocycles. The maximum atomic E-state index is 13.3. The molecule has 1 rings (SSSR count). The minimum absolute atomic E-state index is 0.0955. The molecule has 0 saturated carbocycles. The van der Waals surface area contributed by atoms with Gasteiger partial charge < -0.3 is 0 Å². The first-order chi connectivity index (χ1) is 7.22. The molecule has 0 saturated heterocycles. The second kappa shape index (κ2) is 4.61. The highest BCUT2D eigenvalue weighted by Crippen LogP contribution is 2.16. The van der Waals surface area contributed by atoms with Crippen molar-refractivity contribution in [3.8, 4) is 24.5 Å². The minimum Gasteiger partial charge on any atom is -0.206 e. The zero-order chi connectivity index (χ0) is 11.3. The largest absolute Gasteiger partial charge is 0.206 e. The van der Waals surface area contributed by atoms with Crippen LogP contribution in [-0.4, -0.2) is 0 Å². The topological polar surface area (TPSA) is 47.6 Å². The van der Waals surface area contributed by atoms with Gasteiger partial charge in [-0.2, -0.15) is 10.5 Å². The molecule has 15 heavy (non-hydrogen) atoms. The van der Waals surface area contributed by atoms with E-state index in [1.165, 1.54) is 12.1 Å². The highest BCUT2D eigenvalue weighted by atomic mass is 19.1. The van der Waals surface area contributed by atoms with E-state index in [1.807, 2.05) is 0 Å². The lowest BCUT2D eigenvalue weighted by Crippen LogP contribution is -1.88. The van der Waals surface area contributed by atoms with E-state index in [1.54, 1.807) is 18.2 Å². The zero-order valence-electron chi connectivity index (χ0n) is 7.66. The molecule has 0 bridgehead atoms. The van der Waals surface area contributed by atoms with Crippen molar-refractivity contribution in [2.24, 2.45) is 0 Å².